The number of nitrogens with zero attached hydrogens (tertiary/aromatic N) is 2. The summed E-state index contributed by atoms with van der Waals surface area (Å²) in [7, 11) is 0. The van der Waals surface area contributed by atoms with E-state index in [0.29, 0.717) is 11.9 Å². The van der Waals surface area contributed by atoms with Gasteiger partial charge in [-0.1, -0.05) is 12.1 Å². The summed E-state index contributed by atoms with van der Waals surface area (Å²) >= 11 is 0. The highest BCUT2D eigenvalue weighted by Crippen LogP contribution is 2.24. The average molecular weight is 352 g/mol. The molecule has 2 atom stereocenters. The summed E-state index contributed by atoms with van der Waals surface area (Å²) in [6.45, 7) is 11.0. The lowest BCUT2D eigenvalue weighted by Gasteiger charge is -2.39. The Morgan fingerprint density at radius 1 is 1.17 bits per heavy atom. The lowest BCUT2D eigenvalue weighted by Crippen LogP contribution is -2.52. The zero-order valence-corrected chi connectivity index (χ0v) is 15.9. The first-order chi connectivity index (χ1) is 11.0. The number of halogens is 1. The van der Waals surface area contributed by atoms with Gasteiger partial charge in [-0.3, -0.25) is 4.79 Å². The summed E-state index contributed by atoms with van der Waals surface area (Å²) in [6.07, 6.45) is 1.97. The lowest BCUT2D eigenvalue weighted by atomic mass is 9.92. The number of piperazine rings is 1. The van der Waals surface area contributed by atoms with Crippen molar-refractivity contribution >= 4 is 24.0 Å². The molecule has 0 bridgehead atoms. The third kappa shape index (κ3) is 4.22. The van der Waals surface area contributed by atoms with Crippen molar-refractivity contribution in [3.63, 3.8) is 0 Å². The number of anilines is 1. The second-order valence-electron chi connectivity index (χ2n) is 7.18. The number of carbonyl (C=O) groups excluding carboxylic acids is 1. The zero-order chi connectivity index (χ0) is 16.4. The molecule has 2 heterocycles. The first-order valence-electron chi connectivity index (χ1n) is 8.89. The summed E-state index contributed by atoms with van der Waals surface area (Å²) in [5.41, 5.74) is 3.95. The van der Waals surface area contributed by atoms with E-state index in [2.05, 4.69) is 54.1 Å². The van der Waals surface area contributed by atoms with Gasteiger partial charge in [-0.25, -0.2) is 0 Å². The van der Waals surface area contributed by atoms with Gasteiger partial charge in [0.2, 0.25) is 5.91 Å². The number of hydrogen-bond donors (Lipinski definition) is 1. The minimum absolute atomic E-state index is 0. The molecule has 4 nitrogen and oxygen atoms in total. The predicted molar refractivity (Wildman–Crippen MR) is 102 cm³/mol. The molecule has 0 aromatic heterocycles. The number of carbonyl (C=O) groups is 1. The highest BCUT2D eigenvalue weighted by molar-refractivity contribution is 5.85. The molecule has 24 heavy (non-hydrogen) atoms. The van der Waals surface area contributed by atoms with Gasteiger partial charge in [0.05, 0.1) is 0 Å². The monoisotopic (exact) mass is 351 g/mol. The van der Waals surface area contributed by atoms with Gasteiger partial charge in [0.15, 0.2) is 0 Å². The molecule has 3 rings (SSSR count). The van der Waals surface area contributed by atoms with Gasteiger partial charge >= 0.3 is 0 Å². The van der Waals surface area contributed by atoms with Crippen molar-refractivity contribution in [1.82, 2.24) is 10.2 Å². The van der Waals surface area contributed by atoms with Gasteiger partial charge in [0.25, 0.3) is 0 Å². The maximum atomic E-state index is 12.7. The molecule has 1 amide bonds. The molecule has 2 aliphatic heterocycles. The van der Waals surface area contributed by atoms with Crippen LogP contribution in [0.2, 0.25) is 0 Å². The number of rotatable bonds is 2. The van der Waals surface area contributed by atoms with Crippen LogP contribution in [0.5, 0.6) is 0 Å². The van der Waals surface area contributed by atoms with E-state index in [1.807, 2.05) is 0 Å². The second-order valence-corrected chi connectivity index (χ2v) is 7.18. The van der Waals surface area contributed by atoms with E-state index >= 15 is 0 Å². The van der Waals surface area contributed by atoms with Crippen molar-refractivity contribution in [2.45, 2.75) is 39.7 Å². The molecule has 2 saturated heterocycles. The first kappa shape index (κ1) is 19.1. The Morgan fingerprint density at radius 3 is 2.54 bits per heavy atom. The number of hydrogen-bond acceptors (Lipinski definition) is 3. The van der Waals surface area contributed by atoms with Crippen LogP contribution in [0.3, 0.4) is 0 Å². The van der Waals surface area contributed by atoms with Crippen molar-refractivity contribution in [2.75, 3.05) is 37.6 Å². The fraction of sp³-hybridized carbons (Fsp3) is 0.632. The largest absolute Gasteiger partial charge is 0.368 e. The normalized spacial score (nSPS) is 24.5. The molecule has 0 aliphatic carbocycles. The summed E-state index contributed by atoms with van der Waals surface area (Å²) in [4.78, 5) is 17.3. The van der Waals surface area contributed by atoms with Crippen LogP contribution in [0.1, 0.15) is 30.9 Å². The summed E-state index contributed by atoms with van der Waals surface area (Å²) in [6, 6.07) is 7.09. The van der Waals surface area contributed by atoms with Gasteiger partial charge in [0.1, 0.15) is 0 Å². The van der Waals surface area contributed by atoms with E-state index in [4.69, 9.17) is 0 Å². The van der Waals surface area contributed by atoms with Crippen LogP contribution in [0, 0.1) is 19.8 Å². The first-order valence-corrected chi connectivity index (χ1v) is 8.89. The molecule has 1 aromatic carbocycles. The molecule has 0 saturated carbocycles. The van der Waals surface area contributed by atoms with E-state index in [0.717, 1.165) is 45.6 Å². The van der Waals surface area contributed by atoms with Crippen LogP contribution < -0.4 is 10.2 Å². The Hall–Kier alpha value is -1.26. The molecular formula is C19H30ClN3O. The van der Waals surface area contributed by atoms with Crippen LogP contribution in [0.25, 0.3) is 0 Å². The summed E-state index contributed by atoms with van der Waals surface area (Å²) in [5.74, 6) is 0.595. The standard InChI is InChI=1S/C19H29N3O.ClH/c1-14-4-5-15(2)18(12-14)21-8-10-22(11-9-21)19(23)17-6-7-20-16(3)13-17;/h4-5,12,16-17,20H,6-11,13H2,1-3H3;1H/t16-,17-;/m0./s1. The van der Waals surface area contributed by atoms with Crippen molar-refractivity contribution in [3.05, 3.63) is 29.3 Å². The molecule has 1 N–H and O–H groups in total. The van der Waals surface area contributed by atoms with E-state index in [-0.39, 0.29) is 18.3 Å². The molecule has 0 radical (unpaired) electrons. The fourth-order valence-electron chi connectivity index (χ4n) is 3.84. The SMILES string of the molecule is Cc1ccc(C)c(N2CCN(C(=O)[C@H]3CCN[C@@H](C)C3)CC2)c1.Cl. The van der Waals surface area contributed by atoms with Crippen molar-refractivity contribution in [3.8, 4) is 0 Å². The minimum atomic E-state index is 0. The highest BCUT2D eigenvalue weighted by atomic mass is 35.5. The van der Waals surface area contributed by atoms with Crippen molar-refractivity contribution in [1.29, 1.82) is 0 Å². The smallest absolute Gasteiger partial charge is 0.225 e. The molecular weight excluding hydrogens is 322 g/mol. The van der Waals surface area contributed by atoms with Crippen LogP contribution >= 0.6 is 12.4 Å². The maximum Gasteiger partial charge on any atom is 0.225 e. The minimum Gasteiger partial charge on any atom is -0.368 e. The van der Waals surface area contributed by atoms with Crippen LogP contribution in [-0.4, -0.2) is 49.6 Å². The number of benzene rings is 1. The van der Waals surface area contributed by atoms with Gasteiger partial charge in [-0.15, -0.1) is 12.4 Å². The van der Waals surface area contributed by atoms with E-state index in [1.54, 1.807) is 0 Å². The summed E-state index contributed by atoms with van der Waals surface area (Å²) < 4.78 is 0. The van der Waals surface area contributed by atoms with Gasteiger partial charge in [-0.05, 0) is 57.4 Å². The Kier molecular flexibility index (Phi) is 6.53. The second kappa shape index (κ2) is 8.21. The van der Waals surface area contributed by atoms with Crippen LogP contribution in [-0.2, 0) is 4.79 Å². The van der Waals surface area contributed by atoms with Gasteiger partial charge in [-0.2, -0.15) is 0 Å². The number of piperidine rings is 1. The van der Waals surface area contributed by atoms with E-state index in [9.17, 15) is 4.79 Å². The quantitative estimate of drug-likeness (QED) is 0.890. The number of amides is 1. The average Bonchev–Trinajstić information content (AvgIpc) is 2.56. The number of nitrogens with one attached hydrogen (secondary N) is 1. The van der Waals surface area contributed by atoms with Crippen LogP contribution in [0.15, 0.2) is 18.2 Å². The molecule has 1 aromatic rings. The van der Waals surface area contributed by atoms with Gasteiger partial charge in [0, 0.05) is 43.8 Å². The van der Waals surface area contributed by atoms with Crippen molar-refractivity contribution < 1.29 is 4.79 Å². The Balaban J connectivity index is 0.00000208. The van der Waals surface area contributed by atoms with Gasteiger partial charge < -0.3 is 15.1 Å². The Morgan fingerprint density at radius 2 is 1.88 bits per heavy atom. The Bertz CT molecular complexity index is 570. The highest BCUT2D eigenvalue weighted by Gasteiger charge is 2.30. The molecule has 5 heteroatoms. The van der Waals surface area contributed by atoms with Crippen molar-refractivity contribution in [2.24, 2.45) is 5.92 Å². The number of aryl methyl sites for hydroxylation is 2. The third-order valence-electron chi connectivity index (χ3n) is 5.27. The molecule has 0 spiro atoms. The molecule has 2 fully saturated rings. The lowest BCUT2D eigenvalue weighted by molar-refractivity contribution is -0.137. The Labute approximate surface area is 152 Å². The maximum absolute atomic E-state index is 12.7. The summed E-state index contributed by atoms with van der Waals surface area (Å²) in [5, 5.41) is 3.43. The molecule has 134 valence electrons. The van der Waals surface area contributed by atoms with Crippen LogP contribution in [0.4, 0.5) is 5.69 Å². The topological polar surface area (TPSA) is 35.6 Å². The third-order valence-corrected chi connectivity index (χ3v) is 5.27. The van der Waals surface area contributed by atoms with E-state index < -0.39 is 0 Å². The zero-order valence-electron chi connectivity index (χ0n) is 15.0. The van der Waals surface area contributed by atoms with E-state index in [1.165, 1.54) is 16.8 Å². The molecule has 2 aliphatic rings. The molecule has 0 unspecified atom stereocenters. The predicted octanol–water partition coefficient (Wildman–Crippen LogP) is 2.76. The fourth-order valence-corrected chi connectivity index (χ4v) is 3.84.